The van der Waals surface area contributed by atoms with Crippen molar-refractivity contribution in [2.75, 3.05) is 19.6 Å². The van der Waals surface area contributed by atoms with Gasteiger partial charge >= 0.3 is 0 Å². The van der Waals surface area contributed by atoms with Gasteiger partial charge in [0.15, 0.2) is 5.82 Å². The first kappa shape index (κ1) is 12.0. The van der Waals surface area contributed by atoms with Crippen molar-refractivity contribution in [1.29, 1.82) is 0 Å². The van der Waals surface area contributed by atoms with Gasteiger partial charge in [0.25, 0.3) is 5.91 Å². The van der Waals surface area contributed by atoms with Crippen molar-refractivity contribution in [3.63, 3.8) is 0 Å². The molecule has 1 aromatic heterocycles. The van der Waals surface area contributed by atoms with Crippen LogP contribution in [0.2, 0.25) is 0 Å². The van der Waals surface area contributed by atoms with Gasteiger partial charge < -0.3 is 10.6 Å². The second kappa shape index (κ2) is 5.23. The lowest BCUT2D eigenvalue weighted by Gasteiger charge is -2.16. The van der Waals surface area contributed by atoms with Crippen molar-refractivity contribution in [3.8, 4) is 0 Å². The Hall–Kier alpha value is -1.49. The standard InChI is InChI=1S/C12H16FN3O/c13-11-7-15-5-2-10(11)12(17)16-6-3-9(8-16)1-4-14/h2,5,7,9H,1,3-4,6,8,14H2. The van der Waals surface area contributed by atoms with Crippen LogP contribution in [0.5, 0.6) is 0 Å². The monoisotopic (exact) mass is 237 g/mol. The summed E-state index contributed by atoms with van der Waals surface area (Å²) in [6.45, 7) is 2.00. The van der Waals surface area contributed by atoms with Crippen LogP contribution in [0.4, 0.5) is 4.39 Å². The van der Waals surface area contributed by atoms with Crippen LogP contribution in [0.3, 0.4) is 0 Å². The molecule has 0 spiro atoms. The van der Waals surface area contributed by atoms with E-state index in [0.717, 1.165) is 19.0 Å². The summed E-state index contributed by atoms with van der Waals surface area (Å²) in [5.41, 5.74) is 5.60. The number of likely N-dealkylation sites (tertiary alicyclic amines) is 1. The normalized spacial score (nSPS) is 19.6. The summed E-state index contributed by atoms with van der Waals surface area (Å²) < 4.78 is 13.4. The minimum atomic E-state index is -0.556. The van der Waals surface area contributed by atoms with E-state index in [1.807, 2.05) is 0 Å². The quantitative estimate of drug-likeness (QED) is 0.854. The van der Waals surface area contributed by atoms with E-state index in [4.69, 9.17) is 5.73 Å². The van der Waals surface area contributed by atoms with Crippen LogP contribution in [0.15, 0.2) is 18.5 Å². The van der Waals surface area contributed by atoms with Crippen LogP contribution in [-0.4, -0.2) is 35.4 Å². The molecule has 0 aromatic carbocycles. The van der Waals surface area contributed by atoms with Crippen molar-refractivity contribution < 1.29 is 9.18 Å². The molecule has 0 saturated carbocycles. The van der Waals surface area contributed by atoms with Gasteiger partial charge in [-0.05, 0) is 31.4 Å². The topological polar surface area (TPSA) is 59.2 Å². The zero-order valence-corrected chi connectivity index (χ0v) is 9.60. The van der Waals surface area contributed by atoms with E-state index in [0.29, 0.717) is 25.6 Å². The Morgan fingerprint density at radius 2 is 2.47 bits per heavy atom. The summed E-state index contributed by atoms with van der Waals surface area (Å²) in [7, 11) is 0. The lowest BCUT2D eigenvalue weighted by atomic mass is 10.1. The van der Waals surface area contributed by atoms with Gasteiger partial charge in [0.2, 0.25) is 0 Å². The van der Waals surface area contributed by atoms with Gasteiger partial charge in [0.1, 0.15) is 0 Å². The molecule has 1 aliphatic rings. The number of halogens is 1. The van der Waals surface area contributed by atoms with Gasteiger partial charge in [-0.1, -0.05) is 0 Å². The highest BCUT2D eigenvalue weighted by Crippen LogP contribution is 2.21. The SMILES string of the molecule is NCCC1CCN(C(=O)c2ccncc2F)C1. The molecule has 1 amide bonds. The Balaban J connectivity index is 2.05. The van der Waals surface area contributed by atoms with Crippen molar-refractivity contribution >= 4 is 5.91 Å². The maximum absolute atomic E-state index is 13.4. The summed E-state index contributed by atoms with van der Waals surface area (Å²) in [5, 5.41) is 0. The number of nitrogens with two attached hydrogens (primary N) is 1. The Morgan fingerprint density at radius 1 is 1.65 bits per heavy atom. The van der Waals surface area contributed by atoms with Gasteiger partial charge in [-0.3, -0.25) is 9.78 Å². The number of carbonyl (C=O) groups excluding carboxylic acids is 1. The number of hydrogen-bond donors (Lipinski definition) is 1. The van der Waals surface area contributed by atoms with E-state index >= 15 is 0 Å². The predicted molar refractivity (Wildman–Crippen MR) is 61.9 cm³/mol. The number of carbonyl (C=O) groups is 1. The lowest BCUT2D eigenvalue weighted by molar-refractivity contribution is 0.0782. The van der Waals surface area contributed by atoms with Crippen molar-refractivity contribution in [1.82, 2.24) is 9.88 Å². The third kappa shape index (κ3) is 2.61. The molecule has 92 valence electrons. The average molecular weight is 237 g/mol. The molecule has 0 bridgehead atoms. The maximum atomic E-state index is 13.4. The number of aromatic nitrogens is 1. The fourth-order valence-electron chi connectivity index (χ4n) is 2.21. The Labute approximate surface area is 99.6 Å². The zero-order chi connectivity index (χ0) is 12.3. The minimum absolute atomic E-state index is 0.105. The molecular weight excluding hydrogens is 221 g/mol. The van der Waals surface area contributed by atoms with E-state index in [1.54, 1.807) is 4.90 Å². The summed E-state index contributed by atoms with van der Waals surface area (Å²) in [4.78, 5) is 17.4. The fourth-order valence-corrected chi connectivity index (χ4v) is 2.21. The number of hydrogen-bond acceptors (Lipinski definition) is 3. The van der Waals surface area contributed by atoms with Gasteiger partial charge in [-0.15, -0.1) is 0 Å². The molecule has 2 heterocycles. The molecular formula is C12H16FN3O. The van der Waals surface area contributed by atoms with Gasteiger partial charge in [0.05, 0.1) is 11.8 Å². The van der Waals surface area contributed by atoms with E-state index in [2.05, 4.69) is 4.98 Å². The molecule has 0 aliphatic carbocycles. The lowest BCUT2D eigenvalue weighted by Crippen LogP contribution is -2.29. The molecule has 2 N–H and O–H groups in total. The van der Waals surface area contributed by atoms with Crippen LogP contribution in [0.1, 0.15) is 23.2 Å². The highest BCUT2D eigenvalue weighted by atomic mass is 19.1. The van der Waals surface area contributed by atoms with Gasteiger partial charge in [0, 0.05) is 19.3 Å². The minimum Gasteiger partial charge on any atom is -0.338 e. The smallest absolute Gasteiger partial charge is 0.256 e. The first-order chi connectivity index (χ1) is 8.22. The Bertz CT molecular complexity index is 410. The second-order valence-electron chi connectivity index (χ2n) is 4.34. The molecule has 17 heavy (non-hydrogen) atoms. The zero-order valence-electron chi connectivity index (χ0n) is 9.60. The Morgan fingerprint density at radius 3 is 3.18 bits per heavy atom. The highest BCUT2D eigenvalue weighted by molar-refractivity contribution is 5.94. The number of amides is 1. The van der Waals surface area contributed by atoms with Gasteiger partial charge in [-0.25, -0.2) is 4.39 Å². The molecule has 1 aromatic rings. The third-order valence-electron chi connectivity index (χ3n) is 3.15. The Kier molecular flexibility index (Phi) is 3.68. The second-order valence-corrected chi connectivity index (χ2v) is 4.34. The van der Waals surface area contributed by atoms with E-state index in [9.17, 15) is 9.18 Å². The van der Waals surface area contributed by atoms with Gasteiger partial charge in [-0.2, -0.15) is 0 Å². The van der Waals surface area contributed by atoms with E-state index in [1.165, 1.54) is 12.3 Å². The first-order valence-electron chi connectivity index (χ1n) is 5.81. The van der Waals surface area contributed by atoms with E-state index in [-0.39, 0.29) is 11.5 Å². The maximum Gasteiger partial charge on any atom is 0.256 e. The molecule has 0 radical (unpaired) electrons. The fraction of sp³-hybridized carbons (Fsp3) is 0.500. The molecule has 1 unspecified atom stereocenters. The van der Waals surface area contributed by atoms with Crippen LogP contribution in [-0.2, 0) is 0 Å². The molecule has 4 nitrogen and oxygen atoms in total. The summed E-state index contributed by atoms with van der Waals surface area (Å²) in [5.74, 6) is -0.349. The van der Waals surface area contributed by atoms with Crippen molar-refractivity contribution in [2.45, 2.75) is 12.8 Å². The molecule has 1 fully saturated rings. The number of nitrogens with zero attached hydrogens (tertiary/aromatic N) is 2. The number of rotatable bonds is 3. The summed E-state index contributed by atoms with van der Waals surface area (Å²) >= 11 is 0. The van der Waals surface area contributed by atoms with Crippen molar-refractivity contribution in [3.05, 3.63) is 29.8 Å². The summed E-state index contributed by atoms with van der Waals surface area (Å²) in [6.07, 6.45) is 4.38. The predicted octanol–water partition coefficient (Wildman–Crippen LogP) is 1.03. The third-order valence-corrected chi connectivity index (χ3v) is 3.15. The highest BCUT2D eigenvalue weighted by Gasteiger charge is 2.27. The van der Waals surface area contributed by atoms with Crippen LogP contribution >= 0.6 is 0 Å². The van der Waals surface area contributed by atoms with E-state index < -0.39 is 5.82 Å². The molecule has 5 heteroatoms. The molecule has 1 atom stereocenters. The van der Waals surface area contributed by atoms with Crippen LogP contribution in [0.25, 0.3) is 0 Å². The largest absolute Gasteiger partial charge is 0.338 e. The molecule has 1 aliphatic heterocycles. The summed E-state index contributed by atoms with van der Waals surface area (Å²) in [6, 6.07) is 1.42. The molecule has 2 rings (SSSR count). The average Bonchev–Trinajstić information content (AvgIpc) is 2.78. The van der Waals surface area contributed by atoms with Crippen LogP contribution < -0.4 is 5.73 Å². The molecule has 1 saturated heterocycles. The van der Waals surface area contributed by atoms with Crippen LogP contribution in [0, 0.1) is 11.7 Å². The first-order valence-corrected chi connectivity index (χ1v) is 5.81. The van der Waals surface area contributed by atoms with Crippen molar-refractivity contribution in [2.24, 2.45) is 11.7 Å². The number of pyridine rings is 1.